The molecule has 156 valence electrons. The molecule has 2 fully saturated rings. The SMILES string of the molecule is CN=C(NCC1(c2cccc(Cl)c2)CC1)N1CCN(c2cnn(C)c2)C(=O)C1.I. The molecule has 1 aliphatic carbocycles. The first kappa shape index (κ1) is 21.9. The van der Waals surface area contributed by atoms with E-state index in [4.69, 9.17) is 11.6 Å². The normalized spacial score (nSPS) is 18.4. The second kappa shape index (κ2) is 8.91. The number of carbonyl (C=O) groups is 1. The van der Waals surface area contributed by atoms with Crippen LogP contribution in [0, 0.1) is 0 Å². The number of nitrogens with one attached hydrogen (secondary N) is 1. The van der Waals surface area contributed by atoms with Crippen LogP contribution in [0.3, 0.4) is 0 Å². The summed E-state index contributed by atoms with van der Waals surface area (Å²) in [5.74, 6) is 0.825. The zero-order valence-corrected chi connectivity index (χ0v) is 19.7. The first-order chi connectivity index (χ1) is 13.5. The molecular weight excluding hydrogens is 503 g/mol. The van der Waals surface area contributed by atoms with Gasteiger partial charge in [-0.2, -0.15) is 5.10 Å². The van der Waals surface area contributed by atoms with E-state index < -0.39 is 0 Å². The molecule has 7 nitrogen and oxygen atoms in total. The van der Waals surface area contributed by atoms with Crippen molar-refractivity contribution in [2.75, 3.05) is 38.1 Å². The summed E-state index contributed by atoms with van der Waals surface area (Å²) < 4.78 is 1.71. The van der Waals surface area contributed by atoms with Crippen molar-refractivity contribution >= 4 is 53.1 Å². The Labute approximate surface area is 193 Å². The summed E-state index contributed by atoms with van der Waals surface area (Å²) in [5.41, 5.74) is 2.22. The van der Waals surface area contributed by atoms with Crippen LogP contribution in [0.15, 0.2) is 41.7 Å². The Kier molecular flexibility index (Phi) is 6.72. The fourth-order valence-electron chi connectivity index (χ4n) is 3.79. The average molecular weight is 529 g/mol. The Balaban J connectivity index is 0.00000240. The first-order valence-corrected chi connectivity index (χ1v) is 9.89. The molecule has 0 radical (unpaired) electrons. The van der Waals surface area contributed by atoms with E-state index in [-0.39, 0.29) is 35.3 Å². The number of halogens is 2. The molecule has 1 aromatic heterocycles. The molecule has 1 aliphatic heterocycles. The minimum absolute atomic E-state index is 0. The number of benzene rings is 1. The lowest BCUT2D eigenvalue weighted by atomic mass is 9.96. The van der Waals surface area contributed by atoms with Gasteiger partial charge in [-0.3, -0.25) is 14.5 Å². The fourth-order valence-corrected chi connectivity index (χ4v) is 3.98. The van der Waals surface area contributed by atoms with Gasteiger partial charge in [-0.15, -0.1) is 24.0 Å². The number of guanidine groups is 1. The van der Waals surface area contributed by atoms with Gasteiger partial charge in [-0.1, -0.05) is 23.7 Å². The van der Waals surface area contributed by atoms with Gasteiger partial charge in [0.05, 0.1) is 11.9 Å². The van der Waals surface area contributed by atoms with E-state index in [1.54, 1.807) is 22.8 Å². The summed E-state index contributed by atoms with van der Waals surface area (Å²) in [6, 6.07) is 8.10. The summed E-state index contributed by atoms with van der Waals surface area (Å²) >= 11 is 6.17. The third kappa shape index (κ3) is 4.69. The molecule has 0 spiro atoms. The van der Waals surface area contributed by atoms with E-state index >= 15 is 0 Å². The van der Waals surface area contributed by atoms with Gasteiger partial charge in [0.2, 0.25) is 5.91 Å². The Morgan fingerprint density at radius 3 is 2.72 bits per heavy atom. The van der Waals surface area contributed by atoms with Crippen molar-refractivity contribution in [2.45, 2.75) is 18.3 Å². The molecule has 2 aliphatic rings. The summed E-state index contributed by atoms with van der Waals surface area (Å²) in [4.78, 5) is 20.9. The van der Waals surface area contributed by atoms with Crippen molar-refractivity contribution in [3.8, 4) is 0 Å². The molecule has 1 aromatic carbocycles. The minimum Gasteiger partial charge on any atom is -0.355 e. The molecule has 1 N–H and O–H groups in total. The maximum Gasteiger partial charge on any atom is 0.246 e. The molecule has 9 heteroatoms. The van der Waals surface area contributed by atoms with Crippen molar-refractivity contribution in [1.82, 2.24) is 20.0 Å². The molecule has 0 bridgehead atoms. The Morgan fingerprint density at radius 1 is 1.34 bits per heavy atom. The van der Waals surface area contributed by atoms with Gasteiger partial charge in [0.25, 0.3) is 0 Å². The fraction of sp³-hybridized carbons (Fsp3) is 0.450. The lowest BCUT2D eigenvalue weighted by molar-refractivity contribution is -0.120. The van der Waals surface area contributed by atoms with Crippen molar-refractivity contribution in [2.24, 2.45) is 12.0 Å². The maximum atomic E-state index is 12.7. The number of nitrogens with zero attached hydrogens (tertiary/aromatic N) is 5. The van der Waals surface area contributed by atoms with Crippen LogP contribution in [0.4, 0.5) is 5.69 Å². The number of aromatic nitrogens is 2. The molecule has 0 atom stereocenters. The number of hydrogen-bond acceptors (Lipinski definition) is 3. The minimum atomic E-state index is 0. The van der Waals surface area contributed by atoms with Crippen LogP contribution in [-0.2, 0) is 17.3 Å². The third-order valence-electron chi connectivity index (χ3n) is 5.61. The van der Waals surface area contributed by atoms with E-state index in [0.29, 0.717) is 13.1 Å². The predicted molar refractivity (Wildman–Crippen MR) is 126 cm³/mol. The Bertz CT molecular complexity index is 910. The van der Waals surface area contributed by atoms with Crippen LogP contribution in [0.2, 0.25) is 5.02 Å². The van der Waals surface area contributed by atoms with Crippen molar-refractivity contribution < 1.29 is 4.79 Å². The van der Waals surface area contributed by atoms with Gasteiger partial charge in [0.15, 0.2) is 5.96 Å². The third-order valence-corrected chi connectivity index (χ3v) is 5.85. The van der Waals surface area contributed by atoms with Crippen LogP contribution in [0.5, 0.6) is 0 Å². The quantitative estimate of drug-likeness (QED) is 0.377. The van der Waals surface area contributed by atoms with Gasteiger partial charge < -0.3 is 15.1 Å². The summed E-state index contributed by atoms with van der Waals surface area (Å²) in [6.07, 6.45) is 5.85. The number of piperazine rings is 1. The largest absolute Gasteiger partial charge is 0.355 e. The number of hydrogen-bond donors (Lipinski definition) is 1. The lowest BCUT2D eigenvalue weighted by Gasteiger charge is -2.35. The van der Waals surface area contributed by atoms with Crippen molar-refractivity contribution in [3.05, 3.63) is 47.2 Å². The van der Waals surface area contributed by atoms with E-state index in [0.717, 1.165) is 42.6 Å². The van der Waals surface area contributed by atoms with E-state index in [1.807, 2.05) is 30.3 Å². The van der Waals surface area contributed by atoms with Crippen LogP contribution in [-0.4, -0.2) is 59.8 Å². The highest BCUT2D eigenvalue weighted by atomic mass is 127. The summed E-state index contributed by atoms with van der Waals surface area (Å²) in [6.45, 7) is 2.44. The zero-order chi connectivity index (χ0) is 19.7. The van der Waals surface area contributed by atoms with Gasteiger partial charge in [-0.25, -0.2) is 0 Å². The molecule has 2 aromatic rings. The van der Waals surface area contributed by atoms with Crippen LogP contribution < -0.4 is 10.2 Å². The topological polar surface area (TPSA) is 65.8 Å². The summed E-state index contributed by atoms with van der Waals surface area (Å²) in [5, 5.41) is 8.41. The molecule has 1 saturated carbocycles. The highest BCUT2D eigenvalue weighted by molar-refractivity contribution is 14.0. The second-order valence-corrected chi connectivity index (χ2v) is 7.97. The zero-order valence-electron chi connectivity index (χ0n) is 16.6. The molecule has 1 amide bonds. The smallest absolute Gasteiger partial charge is 0.246 e. The number of anilines is 1. The molecule has 0 unspecified atom stereocenters. The van der Waals surface area contributed by atoms with Crippen molar-refractivity contribution in [3.63, 3.8) is 0 Å². The van der Waals surface area contributed by atoms with Gasteiger partial charge in [0, 0.05) is 50.4 Å². The lowest BCUT2D eigenvalue weighted by Crippen LogP contribution is -2.56. The summed E-state index contributed by atoms with van der Waals surface area (Å²) in [7, 11) is 3.61. The molecule has 2 heterocycles. The standard InChI is InChI=1S/C20H25ClN6O.HI/c1-22-19(23-14-20(6-7-20)15-4-3-5-16(21)10-15)26-8-9-27(18(28)13-26)17-11-24-25(2)12-17;/h3-5,10-12H,6-9,13-14H2,1-2H3,(H,22,23);1H. The number of aliphatic imine (C=N–C) groups is 1. The highest BCUT2D eigenvalue weighted by Gasteiger charge is 2.44. The Hall–Kier alpha value is -1.81. The maximum absolute atomic E-state index is 12.7. The first-order valence-electron chi connectivity index (χ1n) is 9.51. The van der Waals surface area contributed by atoms with E-state index in [2.05, 4.69) is 27.5 Å². The van der Waals surface area contributed by atoms with Gasteiger partial charge >= 0.3 is 0 Å². The number of amides is 1. The van der Waals surface area contributed by atoms with Crippen LogP contribution in [0.1, 0.15) is 18.4 Å². The second-order valence-electron chi connectivity index (χ2n) is 7.53. The van der Waals surface area contributed by atoms with E-state index in [9.17, 15) is 4.79 Å². The molecule has 1 saturated heterocycles. The van der Waals surface area contributed by atoms with E-state index in [1.165, 1.54) is 5.56 Å². The van der Waals surface area contributed by atoms with Crippen molar-refractivity contribution in [1.29, 1.82) is 0 Å². The monoisotopic (exact) mass is 528 g/mol. The van der Waals surface area contributed by atoms with Gasteiger partial charge in [0.1, 0.15) is 6.54 Å². The number of carbonyl (C=O) groups excluding carboxylic acids is 1. The molecule has 29 heavy (non-hydrogen) atoms. The van der Waals surface area contributed by atoms with Crippen LogP contribution >= 0.6 is 35.6 Å². The van der Waals surface area contributed by atoms with Crippen LogP contribution in [0.25, 0.3) is 0 Å². The average Bonchev–Trinajstić information content (AvgIpc) is 3.36. The molecular formula is C20H26ClIN6O. The predicted octanol–water partition coefficient (Wildman–Crippen LogP) is 2.65. The highest BCUT2D eigenvalue weighted by Crippen LogP contribution is 2.48. The molecule has 4 rings (SSSR count). The van der Waals surface area contributed by atoms with Gasteiger partial charge in [-0.05, 0) is 30.5 Å². The number of aryl methyl sites for hydroxylation is 1. The Morgan fingerprint density at radius 2 is 2.14 bits per heavy atom. The number of rotatable bonds is 4.